The highest BCUT2D eigenvalue weighted by Gasteiger charge is 2.53. The molecule has 4 aliphatic rings. The quantitative estimate of drug-likeness (QED) is 0.862. The van der Waals surface area contributed by atoms with Gasteiger partial charge in [-0.25, -0.2) is 9.78 Å². The van der Waals surface area contributed by atoms with Gasteiger partial charge in [0.05, 0.1) is 12.8 Å². The molecule has 4 fully saturated rings. The van der Waals surface area contributed by atoms with Crippen molar-refractivity contribution in [2.45, 2.75) is 50.9 Å². The number of carbonyl (C=O) groups excluding carboxylic acids is 1. The number of ether oxygens (including phenoxy) is 1. The molecule has 4 nitrogen and oxygen atoms in total. The molecule has 4 bridgehead atoms. The summed E-state index contributed by atoms with van der Waals surface area (Å²) in [4.78, 5) is 19.6. The maximum absolute atomic E-state index is 11.8. The van der Waals surface area contributed by atoms with Gasteiger partial charge in [-0.15, -0.1) is 0 Å². The Labute approximate surface area is 119 Å². The van der Waals surface area contributed by atoms with Crippen LogP contribution in [0.5, 0.6) is 0 Å². The molecule has 1 heterocycles. The van der Waals surface area contributed by atoms with Crippen LogP contribution in [-0.2, 0) is 10.2 Å². The fourth-order valence-electron chi connectivity index (χ4n) is 5.30. The molecule has 0 atom stereocenters. The van der Waals surface area contributed by atoms with Crippen molar-refractivity contribution in [3.63, 3.8) is 0 Å². The average Bonchev–Trinajstić information content (AvgIpc) is 2.87. The lowest BCUT2D eigenvalue weighted by atomic mass is 9.49. The van der Waals surface area contributed by atoms with E-state index in [1.807, 2.05) is 6.92 Å². The lowest BCUT2D eigenvalue weighted by Crippen LogP contribution is -2.49. The van der Waals surface area contributed by atoms with Gasteiger partial charge in [0, 0.05) is 5.41 Å². The summed E-state index contributed by atoms with van der Waals surface area (Å²) in [6.45, 7) is 2.23. The van der Waals surface area contributed by atoms with Crippen LogP contribution in [0.3, 0.4) is 0 Å². The van der Waals surface area contributed by atoms with E-state index >= 15 is 0 Å². The molecule has 0 spiro atoms. The first kappa shape index (κ1) is 12.4. The van der Waals surface area contributed by atoms with Crippen molar-refractivity contribution < 1.29 is 9.53 Å². The van der Waals surface area contributed by atoms with Gasteiger partial charge in [-0.3, -0.25) is 0 Å². The zero-order chi connectivity index (χ0) is 13.7. The number of aromatic nitrogens is 2. The minimum absolute atomic E-state index is 0.222. The minimum atomic E-state index is -0.282. The molecule has 0 aliphatic heterocycles. The molecule has 4 aliphatic carbocycles. The highest BCUT2D eigenvalue weighted by atomic mass is 16.5. The summed E-state index contributed by atoms with van der Waals surface area (Å²) in [6, 6.07) is 0. The third kappa shape index (κ3) is 1.80. The largest absolute Gasteiger partial charge is 0.461 e. The number of esters is 1. The smallest absolute Gasteiger partial charge is 0.356 e. The third-order valence-electron chi connectivity index (χ3n) is 5.61. The SMILES string of the molecule is CCOC(=O)c1cnc(C23CC4CC(CC(C4)C2)C3)[nH]1. The van der Waals surface area contributed by atoms with Crippen molar-refractivity contribution in [1.82, 2.24) is 9.97 Å². The summed E-state index contributed by atoms with van der Waals surface area (Å²) in [6.07, 6.45) is 9.70. The Hall–Kier alpha value is -1.32. The number of imidazole rings is 1. The Kier molecular flexibility index (Phi) is 2.69. The third-order valence-corrected chi connectivity index (χ3v) is 5.61. The van der Waals surface area contributed by atoms with Crippen molar-refractivity contribution in [2.24, 2.45) is 17.8 Å². The molecule has 1 aromatic rings. The van der Waals surface area contributed by atoms with Crippen LogP contribution in [0.15, 0.2) is 6.20 Å². The van der Waals surface area contributed by atoms with E-state index in [0.29, 0.717) is 12.3 Å². The first-order chi connectivity index (χ1) is 9.68. The molecule has 0 saturated heterocycles. The first-order valence-corrected chi connectivity index (χ1v) is 7.91. The van der Waals surface area contributed by atoms with Gasteiger partial charge in [0.2, 0.25) is 0 Å². The molecular weight excluding hydrogens is 252 g/mol. The summed E-state index contributed by atoms with van der Waals surface area (Å²) < 4.78 is 5.05. The summed E-state index contributed by atoms with van der Waals surface area (Å²) in [7, 11) is 0. The Bertz CT molecular complexity index is 499. The molecular formula is C16H22N2O2. The van der Waals surface area contributed by atoms with Crippen LogP contribution in [0.1, 0.15) is 61.8 Å². The Morgan fingerprint density at radius 1 is 1.30 bits per heavy atom. The minimum Gasteiger partial charge on any atom is -0.461 e. The van der Waals surface area contributed by atoms with Crippen molar-refractivity contribution in [2.75, 3.05) is 6.61 Å². The lowest BCUT2D eigenvalue weighted by Gasteiger charge is -2.55. The maximum Gasteiger partial charge on any atom is 0.356 e. The van der Waals surface area contributed by atoms with Crippen LogP contribution >= 0.6 is 0 Å². The van der Waals surface area contributed by atoms with Gasteiger partial charge >= 0.3 is 5.97 Å². The van der Waals surface area contributed by atoms with Crippen LogP contribution in [0.25, 0.3) is 0 Å². The van der Waals surface area contributed by atoms with E-state index < -0.39 is 0 Å². The molecule has 0 unspecified atom stereocenters. The highest BCUT2D eigenvalue weighted by Crippen LogP contribution is 2.60. The van der Waals surface area contributed by atoms with Crippen LogP contribution in [0.4, 0.5) is 0 Å². The van der Waals surface area contributed by atoms with Gasteiger partial charge in [0.25, 0.3) is 0 Å². The molecule has 0 radical (unpaired) electrons. The predicted octanol–water partition coefficient (Wildman–Crippen LogP) is 3.05. The second-order valence-corrected chi connectivity index (χ2v) is 7.06. The van der Waals surface area contributed by atoms with Gasteiger partial charge in [-0.05, 0) is 63.2 Å². The van der Waals surface area contributed by atoms with Crippen molar-refractivity contribution in [3.05, 3.63) is 17.7 Å². The Morgan fingerprint density at radius 2 is 1.90 bits per heavy atom. The van der Waals surface area contributed by atoms with Gasteiger partial charge in [0.15, 0.2) is 0 Å². The van der Waals surface area contributed by atoms with E-state index in [2.05, 4.69) is 9.97 Å². The summed E-state index contributed by atoms with van der Waals surface area (Å²) in [5.74, 6) is 3.42. The summed E-state index contributed by atoms with van der Waals surface area (Å²) in [5, 5.41) is 0. The van der Waals surface area contributed by atoms with E-state index in [4.69, 9.17) is 4.74 Å². The molecule has 0 aromatic carbocycles. The molecule has 1 N–H and O–H groups in total. The topological polar surface area (TPSA) is 55.0 Å². The van der Waals surface area contributed by atoms with E-state index in [1.54, 1.807) is 6.20 Å². The molecule has 108 valence electrons. The number of carbonyl (C=O) groups is 1. The fourth-order valence-corrected chi connectivity index (χ4v) is 5.30. The van der Waals surface area contributed by atoms with Gasteiger partial charge in [-0.2, -0.15) is 0 Å². The molecule has 4 heteroatoms. The van der Waals surface area contributed by atoms with Crippen LogP contribution in [-0.4, -0.2) is 22.5 Å². The number of aromatic amines is 1. The molecule has 4 saturated carbocycles. The predicted molar refractivity (Wildman–Crippen MR) is 74.4 cm³/mol. The lowest BCUT2D eigenvalue weighted by molar-refractivity contribution is -0.00907. The van der Waals surface area contributed by atoms with Gasteiger partial charge < -0.3 is 9.72 Å². The number of hydrogen-bond acceptors (Lipinski definition) is 3. The monoisotopic (exact) mass is 274 g/mol. The standard InChI is InChI=1S/C16H22N2O2/c1-2-20-14(19)13-9-17-15(18-13)16-6-10-3-11(7-16)5-12(4-10)8-16/h9-12H,2-8H2,1H3,(H,17,18). The first-order valence-electron chi connectivity index (χ1n) is 7.91. The fraction of sp³-hybridized carbons (Fsp3) is 0.750. The maximum atomic E-state index is 11.8. The molecule has 20 heavy (non-hydrogen) atoms. The van der Waals surface area contributed by atoms with Gasteiger partial charge in [0.1, 0.15) is 11.5 Å². The number of nitrogens with zero attached hydrogens (tertiary/aromatic N) is 1. The number of nitrogens with one attached hydrogen (secondary N) is 1. The zero-order valence-corrected chi connectivity index (χ0v) is 12.0. The zero-order valence-electron chi connectivity index (χ0n) is 12.0. The van der Waals surface area contributed by atoms with E-state index in [-0.39, 0.29) is 11.4 Å². The van der Waals surface area contributed by atoms with Crippen LogP contribution in [0, 0.1) is 17.8 Å². The molecule has 1 aromatic heterocycles. The molecule has 0 amide bonds. The van der Waals surface area contributed by atoms with Crippen molar-refractivity contribution in [1.29, 1.82) is 0 Å². The average molecular weight is 274 g/mol. The van der Waals surface area contributed by atoms with Crippen molar-refractivity contribution >= 4 is 5.97 Å². The molecule has 5 rings (SSSR count). The van der Waals surface area contributed by atoms with Crippen molar-refractivity contribution in [3.8, 4) is 0 Å². The second-order valence-electron chi connectivity index (χ2n) is 7.06. The number of rotatable bonds is 3. The second kappa shape index (κ2) is 4.34. The normalized spacial score (nSPS) is 38.1. The van der Waals surface area contributed by atoms with Gasteiger partial charge in [-0.1, -0.05) is 0 Å². The Balaban J connectivity index is 1.62. The highest BCUT2D eigenvalue weighted by molar-refractivity contribution is 5.87. The summed E-state index contributed by atoms with van der Waals surface area (Å²) in [5.41, 5.74) is 0.733. The van der Waals surface area contributed by atoms with Crippen LogP contribution < -0.4 is 0 Å². The van der Waals surface area contributed by atoms with E-state index in [1.165, 1.54) is 38.5 Å². The van der Waals surface area contributed by atoms with Crippen LogP contribution in [0.2, 0.25) is 0 Å². The number of H-pyrrole nitrogens is 1. The number of hydrogen-bond donors (Lipinski definition) is 1. The Morgan fingerprint density at radius 3 is 2.45 bits per heavy atom. The summed E-state index contributed by atoms with van der Waals surface area (Å²) >= 11 is 0. The van der Waals surface area contributed by atoms with E-state index in [0.717, 1.165) is 23.6 Å². The van der Waals surface area contributed by atoms with E-state index in [9.17, 15) is 4.79 Å².